The lowest BCUT2D eigenvalue weighted by Gasteiger charge is -2.27. The molecule has 0 aromatic heterocycles. The van der Waals surface area contributed by atoms with E-state index in [1.54, 1.807) is 13.2 Å². The number of hydrogen-bond donors (Lipinski definition) is 2. The van der Waals surface area contributed by atoms with Crippen molar-refractivity contribution in [2.75, 3.05) is 38.7 Å². The van der Waals surface area contributed by atoms with Gasteiger partial charge in [-0.15, -0.1) is 0 Å². The van der Waals surface area contributed by atoms with Gasteiger partial charge in [-0.05, 0) is 19.1 Å². The van der Waals surface area contributed by atoms with Crippen molar-refractivity contribution in [2.45, 2.75) is 26.2 Å². The molecular weight excluding hydrogens is 308 g/mol. The molecule has 1 aliphatic rings. The standard InChI is InChI=1S/C18H26N2O4/c1-3-24-18(22)14-7-10-20(11-8-14)12-9-17(21)19-15-5-4-6-16(13-15)23-2/h4-6,13-14H,3,7-12H2,1-2H3,(H,19,21)/p+1. The number of methoxy groups -OCH3 is 1. The Morgan fingerprint density at radius 2 is 2.04 bits per heavy atom. The van der Waals surface area contributed by atoms with Crippen molar-refractivity contribution in [2.24, 2.45) is 5.92 Å². The number of piperidine rings is 1. The summed E-state index contributed by atoms with van der Waals surface area (Å²) in [5.41, 5.74) is 0.746. The Bertz CT molecular complexity index is 554. The monoisotopic (exact) mass is 335 g/mol. The van der Waals surface area contributed by atoms with E-state index in [0.717, 1.165) is 43.9 Å². The summed E-state index contributed by atoms with van der Waals surface area (Å²) in [4.78, 5) is 25.2. The molecule has 2 N–H and O–H groups in total. The second-order valence-electron chi connectivity index (χ2n) is 6.06. The number of amides is 1. The molecule has 1 fully saturated rings. The summed E-state index contributed by atoms with van der Waals surface area (Å²) in [7, 11) is 1.60. The van der Waals surface area contributed by atoms with Crippen LogP contribution in [0.5, 0.6) is 5.75 Å². The fourth-order valence-electron chi connectivity index (χ4n) is 2.99. The van der Waals surface area contributed by atoms with Crippen LogP contribution in [0.15, 0.2) is 24.3 Å². The van der Waals surface area contributed by atoms with E-state index in [0.29, 0.717) is 13.0 Å². The minimum atomic E-state index is -0.0766. The first-order valence-electron chi connectivity index (χ1n) is 8.56. The van der Waals surface area contributed by atoms with E-state index in [1.165, 1.54) is 4.90 Å². The highest BCUT2D eigenvalue weighted by Gasteiger charge is 2.28. The van der Waals surface area contributed by atoms with E-state index >= 15 is 0 Å². The van der Waals surface area contributed by atoms with E-state index in [1.807, 2.05) is 25.1 Å². The predicted octanol–water partition coefficient (Wildman–Crippen LogP) is 0.882. The number of carbonyl (C=O) groups excluding carboxylic acids is 2. The van der Waals surface area contributed by atoms with Gasteiger partial charge in [0.25, 0.3) is 0 Å². The first-order chi connectivity index (χ1) is 11.6. The van der Waals surface area contributed by atoms with Gasteiger partial charge in [-0.2, -0.15) is 0 Å². The minimum Gasteiger partial charge on any atom is -0.497 e. The Morgan fingerprint density at radius 3 is 2.71 bits per heavy atom. The van der Waals surface area contributed by atoms with E-state index in [-0.39, 0.29) is 17.8 Å². The maximum atomic E-state index is 12.1. The molecule has 0 spiro atoms. The normalized spacial score (nSPS) is 20.2. The zero-order chi connectivity index (χ0) is 17.4. The van der Waals surface area contributed by atoms with Gasteiger partial charge < -0.3 is 19.7 Å². The number of rotatable bonds is 7. The molecule has 1 aromatic rings. The van der Waals surface area contributed by atoms with E-state index in [4.69, 9.17) is 9.47 Å². The molecule has 1 saturated heterocycles. The zero-order valence-corrected chi connectivity index (χ0v) is 14.5. The number of likely N-dealkylation sites (tertiary alicyclic amines) is 1. The summed E-state index contributed by atoms with van der Waals surface area (Å²) in [6.45, 7) is 4.88. The summed E-state index contributed by atoms with van der Waals surface area (Å²) in [5, 5.41) is 2.89. The number of benzene rings is 1. The molecule has 0 unspecified atom stereocenters. The molecule has 0 bridgehead atoms. The van der Waals surface area contributed by atoms with Crippen molar-refractivity contribution in [1.82, 2.24) is 0 Å². The Morgan fingerprint density at radius 1 is 1.29 bits per heavy atom. The van der Waals surface area contributed by atoms with Crippen molar-refractivity contribution in [1.29, 1.82) is 0 Å². The summed E-state index contributed by atoms with van der Waals surface area (Å²) in [6.07, 6.45) is 2.15. The van der Waals surface area contributed by atoms with Gasteiger partial charge in [0.05, 0.1) is 45.7 Å². The number of ether oxygens (including phenoxy) is 2. The largest absolute Gasteiger partial charge is 0.497 e. The van der Waals surface area contributed by atoms with Crippen molar-refractivity contribution >= 4 is 17.6 Å². The predicted molar refractivity (Wildman–Crippen MR) is 91.2 cm³/mol. The van der Waals surface area contributed by atoms with Gasteiger partial charge in [-0.3, -0.25) is 9.59 Å². The SMILES string of the molecule is CCOC(=O)C1CC[NH+](CCC(=O)Nc2cccc(OC)c2)CC1. The fraction of sp³-hybridized carbons (Fsp3) is 0.556. The summed E-state index contributed by atoms with van der Waals surface area (Å²) in [5.74, 6) is 0.675. The van der Waals surface area contributed by atoms with E-state index in [2.05, 4.69) is 5.32 Å². The molecule has 1 heterocycles. The molecule has 0 radical (unpaired) electrons. The molecule has 2 rings (SSSR count). The minimum absolute atomic E-state index is 0.00303. The van der Waals surface area contributed by atoms with Crippen molar-refractivity contribution in [3.8, 4) is 5.75 Å². The molecule has 0 saturated carbocycles. The topological polar surface area (TPSA) is 69.1 Å². The first kappa shape index (κ1) is 18.3. The van der Waals surface area contributed by atoms with Gasteiger partial charge in [0.15, 0.2) is 0 Å². The highest BCUT2D eigenvalue weighted by molar-refractivity contribution is 5.90. The molecule has 6 heteroatoms. The van der Waals surface area contributed by atoms with E-state index < -0.39 is 0 Å². The van der Waals surface area contributed by atoms with Gasteiger partial charge in [-0.25, -0.2) is 0 Å². The van der Waals surface area contributed by atoms with Crippen LogP contribution in [0.3, 0.4) is 0 Å². The van der Waals surface area contributed by atoms with Gasteiger partial charge >= 0.3 is 5.97 Å². The average Bonchev–Trinajstić information content (AvgIpc) is 2.61. The lowest BCUT2D eigenvalue weighted by molar-refractivity contribution is -0.905. The van der Waals surface area contributed by atoms with Gasteiger partial charge in [0.1, 0.15) is 5.75 Å². The van der Waals surface area contributed by atoms with Crippen LogP contribution in [0.25, 0.3) is 0 Å². The van der Waals surface area contributed by atoms with Crippen molar-refractivity contribution in [3.05, 3.63) is 24.3 Å². The van der Waals surface area contributed by atoms with Crippen LogP contribution < -0.4 is 15.0 Å². The third kappa shape index (κ3) is 5.53. The third-order valence-electron chi connectivity index (χ3n) is 4.37. The third-order valence-corrected chi connectivity index (χ3v) is 4.37. The van der Waals surface area contributed by atoms with Gasteiger partial charge in [0.2, 0.25) is 5.91 Å². The average molecular weight is 335 g/mol. The highest BCUT2D eigenvalue weighted by atomic mass is 16.5. The summed E-state index contributed by atoms with van der Waals surface area (Å²) in [6, 6.07) is 7.33. The number of carbonyl (C=O) groups is 2. The fourth-order valence-corrected chi connectivity index (χ4v) is 2.99. The number of nitrogens with one attached hydrogen (secondary N) is 2. The first-order valence-corrected chi connectivity index (χ1v) is 8.56. The molecule has 1 aromatic carbocycles. The van der Waals surface area contributed by atoms with Crippen LogP contribution in [0.1, 0.15) is 26.2 Å². The van der Waals surface area contributed by atoms with Crippen LogP contribution >= 0.6 is 0 Å². The molecule has 24 heavy (non-hydrogen) atoms. The van der Waals surface area contributed by atoms with Crippen LogP contribution in [-0.2, 0) is 14.3 Å². The smallest absolute Gasteiger partial charge is 0.309 e. The molecule has 132 valence electrons. The maximum absolute atomic E-state index is 12.1. The van der Waals surface area contributed by atoms with Crippen molar-refractivity contribution in [3.63, 3.8) is 0 Å². The number of quaternary nitrogens is 1. The second kappa shape index (κ2) is 9.27. The molecule has 6 nitrogen and oxygen atoms in total. The zero-order valence-electron chi connectivity index (χ0n) is 14.5. The molecular formula is C18H27N2O4+. The number of hydrogen-bond acceptors (Lipinski definition) is 4. The molecule has 1 amide bonds. The highest BCUT2D eigenvalue weighted by Crippen LogP contribution is 2.16. The maximum Gasteiger partial charge on any atom is 0.309 e. The van der Waals surface area contributed by atoms with Gasteiger partial charge in [-0.1, -0.05) is 6.07 Å². The van der Waals surface area contributed by atoms with Crippen molar-refractivity contribution < 1.29 is 24.0 Å². The Labute approximate surface area is 143 Å². The Kier molecular flexibility index (Phi) is 7.06. The number of esters is 1. The van der Waals surface area contributed by atoms with Crippen LogP contribution in [0.2, 0.25) is 0 Å². The summed E-state index contributed by atoms with van der Waals surface area (Å²) >= 11 is 0. The Balaban J connectivity index is 1.70. The summed E-state index contributed by atoms with van der Waals surface area (Å²) < 4.78 is 10.2. The number of anilines is 1. The Hall–Kier alpha value is -2.08. The van der Waals surface area contributed by atoms with E-state index in [9.17, 15) is 9.59 Å². The van der Waals surface area contributed by atoms with Crippen LogP contribution in [-0.4, -0.2) is 45.2 Å². The van der Waals surface area contributed by atoms with Crippen LogP contribution in [0.4, 0.5) is 5.69 Å². The molecule has 1 aliphatic heterocycles. The quantitative estimate of drug-likeness (QED) is 0.726. The van der Waals surface area contributed by atoms with Gasteiger partial charge in [0, 0.05) is 24.6 Å². The molecule has 0 aliphatic carbocycles. The van der Waals surface area contributed by atoms with Crippen LogP contribution in [0, 0.1) is 5.92 Å². The lowest BCUT2D eigenvalue weighted by Crippen LogP contribution is -3.13. The lowest BCUT2D eigenvalue weighted by atomic mass is 9.97. The second-order valence-corrected chi connectivity index (χ2v) is 6.06. The molecule has 0 atom stereocenters.